The number of nitrogens with zero attached hydrogens (tertiary/aromatic N) is 2. The van der Waals surface area contributed by atoms with E-state index in [0.717, 1.165) is 11.0 Å². The monoisotopic (exact) mass is 303 g/mol. The zero-order chi connectivity index (χ0) is 15.1. The highest BCUT2D eigenvalue weighted by atomic mass is 35.5. The van der Waals surface area contributed by atoms with Gasteiger partial charge in [0, 0.05) is 16.8 Å². The summed E-state index contributed by atoms with van der Waals surface area (Å²) >= 11 is 6.02. The fourth-order valence-corrected chi connectivity index (χ4v) is 2.71. The Kier molecular flexibility index (Phi) is 3.33. The molecule has 0 saturated heterocycles. The van der Waals surface area contributed by atoms with Gasteiger partial charge in [0.25, 0.3) is 0 Å². The molecule has 0 saturated carbocycles. The van der Waals surface area contributed by atoms with Crippen molar-refractivity contribution in [3.05, 3.63) is 47.2 Å². The molecule has 0 unspecified atom stereocenters. The van der Waals surface area contributed by atoms with Crippen molar-refractivity contribution in [1.82, 2.24) is 9.55 Å². The van der Waals surface area contributed by atoms with E-state index in [0.29, 0.717) is 22.1 Å². The molecule has 2 N–H and O–H groups in total. The Balaban J connectivity index is 2.39. The van der Waals surface area contributed by atoms with Crippen LogP contribution in [0.3, 0.4) is 0 Å². The minimum Gasteiger partial charge on any atom is -0.398 e. The van der Waals surface area contributed by atoms with Crippen LogP contribution in [0.25, 0.3) is 22.4 Å². The summed E-state index contributed by atoms with van der Waals surface area (Å²) < 4.78 is 16.2. The van der Waals surface area contributed by atoms with Gasteiger partial charge in [-0.25, -0.2) is 9.37 Å². The van der Waals surface area contributed by atoms with E-state index in [1.807, 2.05) is 24.5 Å². The third-order valence-electron chi connectivity index (χ3n) is 3.44. The van der Waals surface area contributed by atoms with E-state index in [1.54, 1.807) is 24.3 Å². The molecule has 0 amide bonds. The van der Waals surface area contributed by atoms with Crippen LogP contribution in [0.5, 0.6) is 0 Å². The lowest BCUT2D eigenvalue weighted by Gasteiger charge is -2.14. The van der Waals surface area contributed by atoms with Gasteiger partial charge in [-0.05, 0) is 44.2 Å². The quantitative estimate of drug-likeness (QED) is 0.700. The maximum absolute atomic E-state index is 14.2. The standard InChI is InChI=1S/C16H15ClFN3/c1-9(2)21-14-7-6-10(17)8-13(14)20-16(21)15-11(18)4-3-5-12(15)19/h3-9H,19H2,1-2H3. The minimum atomic E-state index is -0.377. The van der Waals surface area contributed by atoms with Crippen molar-refractivity contribution in [3.8, 4) is 11.4 Å². The fourth-order valence-electron chi connectivity index (χ4n) is 2.55. The number of benzene rings is 2. The van der Waals surface area contributed by atoms with Crippen molar-refractivity contribution in [2.24, 2.45) is 0 Å². The fraction of sp³-hybridized carbons (Fsp3) is 0.188. The Hall–Kier alpha value is -2.07. The molecule has 3 aromatic rings. The van der Waals surface area contributed by atoms with Crippen LogP contribution in [-0.2, 0) is 0 Å². The summed E-state index contributed by atoms with van der Waals surface area (Å²) in [6.45, 7) is 4.05. The smallest absolute Gasteiger partial charge is 0.146 e. The van der Waals surface area contributed by atoms with Crippen molar-refractivity contribution in [1.29, 1.82) is 0 Å². The number of nitrogens with two attached hydrogens (primary N) is 1. The Morgan fingerprint density at radius 2 is 2.00 bits per heavy atom. The lowest BCUT2D eigenvalue weighted by Crippen LogP contribution is -2.05. The van der Waals surface area contributed by atoms with Gasteiger partial charge < -0.3 is 10.3 Å². The second-order valence-electron chi connectivity index (χ2n) is 5.24. The van der Waals surface area contributed by atoms with Crippen LogP contribution in [0.1, 0.15) is 19.9 Å². The molecule has 108 valence electrons. The van der Waals surface area contributed by atoms with E-state index in [-0.39, 0.29) is 11.9 Å². The molecular formula is C16H15ClFN3. The number of rotatable bonds is 2. The van der Waals surface area contributed by atoms with Crippen molar-refractivity contribution in [2.45, 2.75) is 19.9 Å². The number of nitrogen functional groups attached to an aromatic ring is 1. The zero-order valence-electron chi connectivity index (χ0n) is 11.8. The molecule has 0 fully saturated rings. The van der Waals surface area contributed by atoms with E-state index in [2.05, 4.69) is 4.98 Å². The molecule has 1 heterocycles. The molecule has 0 aliphatic rings. The third kappa shape index (κ3) is 2.25. The Labute approximate surface area is 127 Å². The lowest BCUT2D eigenvalue weighted by atomic mass is 10.1. The van der Waals surface area contributed by atoms with Gasteiger partial charge in [0.1, 0.15) is 11.6 Å². The highest BCUT2D eigenvalue weighted by Gasteiger charge is 2.19. The van der Waals surface area contributed by atoms with Crippen LogP contribution >= 0.6 is 11.6 Å². The van der Waals surface area contributed by atoms with Crippen molar-refractivity contribution in [3.63, 3.8) is 0 Å². The first kappa shape index (κ1) is 13.9. The van der Waals surface area contributed by atoms with Crippen LogP contribution in [-0.4, -0.2) is 9.55 Å². The lowest BCUT2D eigenvalue weighted by molar-refractivity contribution is 0.608. The van der Waals surface area contributed by atoms with Gasteiger partial charge in [-0.1, -0.05) is 17.7 Å². The molecule has 3 nitrogen and oxygen atoms in total. The third-order valence-corrected chi connectivity index (χ3v) is 3.67. The Morgan fingerprint density at radius 1 is 1.24 bits per heavy atom. The number of aromatic nitrogens is 2. The van der Waals surface area contributed by atoms with Crippen LogP contribution in [0.4, 0.5) is 10.1 Å². The van der Waals surface area contributed by atoms with Gasteiger partial charge in [0.05, 0.1) is 16.6 Å². The van der Waals surface area contributed by atoms with Crippen LogP contribution in [0.2, 0.25) is 5.02 Å². The van der Waals surface area contributed by atoms with Gasteiger partial charge in [-0.3, -0.25) is 0 Å². The van der Waals surface area contributed by atoms with Crippen LogP contribution in [0, 0.1) is 5.82 Å². The topological polar surface area (TPSA) is 43.8 Å². The summed E-state index contributed by atoms with van der Waals surface area (Å²) in [5, 5.41) is 0.601. The molecule has 21 heavy (non-hydrogen) atoms. The molecule has 0 aliphatic heterocycles. The first-order valence-corrected chi connectivity index (χ1v) is 7.08. The zero-order valence-corrected chi connectivity index (χ0v) is 12.5. The van der Waals surface area contributed by atoms with Gasteiger partial charge in [-0.2, -0.15) is 0 Å². The number of imidazole rings is 1. The average Bonchev–Trinajstić information content (AvgIpc) is 2.76. The van der Waals surface area contributed by atoms with Crippen molar-refractivity contribution < 1.29 is 4.39 Å². The van der Waals surface area contributed by atoms with E-state index in [1.165, 1.54) is 6.07 Å². The molecule has 0 atom stereocenters. The maximum atomic E-state index is 14.2. The normalized spacial score (nSPS) is 11.5. The summed E-state index contributed by atoms with van der Waals surface area (Å²) in [5.74, 6) is 0.149. The molecule has 3 rings (SSSR count). The molecule has 5 heteroatoms. The average molecular weight is 304 g/mol. The second-order valence-corrected chi connectivity index (χ2v) is 5.67. The first-order valence-electron chi connectivity index (χ1n) is 6.71. The summed E-state index contributed by atoms with van der Waals surface area (Å²) in [7, 11) is 0. The molecule has 0 aliphatic carbocycles. The molecule has 2 aromatic carbocycles. The van der Waals surface area contributed by atoms with Gasteiger partial charge in [-0.15, -0.1) is 0 Å². The molecule has 0 spiro atoms. The highest BCUT2D eigenvalue weighted by Crippen LogP contribution is 2.34. The predicted molar refractivity (Wildman–Crippen MR) is 84.9 cm³/mol. The van der Waals surface area contributed by atoms with E-state index < -0.39 is 0 Å². The minimum absolute atomic E-state index is 0.116. The number of halogens is 2. The van der Waals surface area contributed by atoms with E-state index >= 15 is 0 Å². The van der Waals surface area contributed by atoms with Gasteiger partial charge >= 0.3 is 0 Å². The van der Waals surface area contributed by atoms with E-state index in [9.17, 15) is 4.39 Å². The second kappa shape index (κ2) is 5.04. The summed E-state index contributed by atoms with van der Waals surface area (Å²) in [4.78, 5) is 4.55. The van der Waals surface area contributed by atoms with E-state index in [4.69, 9.17) is 17.3 Å². The van der Waals surface area contributed by atoms with Crippen molar-refractivity contribution in [2.75, 3.05) is 5.73 Å². The molecule has 1 aromatic heterocycles. The molecular weight excluding hydrogens is 289 g/mol. The summed E-state index contributed by atoms with van der Waals surface area (Å²) in [5.41, 5.74) is 8.30. The number of fused-ring (bicyclic) bond motifs is 1. The van der Waals surface area contributed by atoms with Crippen molar-refractivity contribution >= 4 is 28.3 Å². The van der Waals surface area contributed by atoms with Crippen LogP contribution in [0.15, 0.2) is 36.4 Å². The SMILES string of the molecule is CC(C)n1c(-c2c(N)cccc2F)nc2cc(Cl)ccc21. The molecule has 0 radical (unpaired) electrons. The maximum Gasteiger partial charge on any atom is 0.146 e. The van der Waals surface area contributed by atoms with Gasteiger partial charge in [0.15, 0.2) is 0 Å². The number of hydrogen-bond donors (Lipinski definition) is 1. The molecule has 0 bridgehead atoms. The highest BCUT2D eigenvalue weighted by molar-refractivity contribution is 6.31. The van der Waals surface area contributed by atoms with Gasteiger partial charge in [0.2, 0.25) is 0 Å². The Morgan fingerprint density at radius 3 is 2.67 bits per heavy atom. The summed E-state index contributed by atoms with van der Waals surface area (Å²) in [6.07, 6.45) is 0. The number of anilines is 1. The first-order chi connectivity index (χ1) is 9.99. The Bertz CT molecular complexity index is 803. The van der Waals surface area contributed by atoms with Crippen LogP contribution < -0.4 is 5.73 Å². The predicted octanol–water partition coefficient (Wildman–Crippen LogP) is 4.66. The largest absolute Gasteiger partial charge is 0.398 e. The number of hydrogen-bond acceptors (Lipinski definition) is 2. The summed E-state index contributed by atoms with van der Waals surface area (Å²) in [6, 6.07) is 10.2.